The first-order valence-corrected chi connectivity index (χ1v) is 5.97. The molecule has 2 aromatic carbocycles. The van der Waals surface area contributed by atoms with Crippen molar-refractivity contribution in [2.24, 2.45) is 0 Å². The summed E-state index contributed by atoms with van der Waals surface area (Å²) in [7, 11) is 0. The SMILES string of the molecule is c1ccc2c(O[n+]3ccsc3)cccc2c1. The highest BCUT2D eigenvalue weighted by atomic mass is 32.1. The smallest absolute Gasteiger partial charge is 0.230 e. The van der Waals surface area contributed by atoms with Crippen molar-refractivity contribution in [1.82, 2.24) is 0 Å². The summed E-state index contributed by atoms with van der Waals surface area (Å²) in [6.45, 7) is 0. The lowest BCUT2D eigenvalue weighted by Gasteiger charge is -2.01. The van der Waals surface area contributed by atoms with Gasteiger partial charge in [-0.15, -0.1) is 0 Å². The van der Waals surface area contributed by atoms with Gasteiger partial charge in [-0.1, -0.05) is 47.7 Å². The quantitative estimate of drug-likeness (QED) is 0.614. The molecule has 2 nitrogen and oxygen atoms in total. The van der Waals surface area contributed by atoms with E-state index in [1.54, 1.807) is 16.1 Å². The molecular weight excluding hydrogens is 218 g/mol. The average Bonchev–Trinajstić information content (AvgIpc) is 2.82. The van der Waals surface area contributed by atoms with Gasteiger partial charge in [-0.05, 0) is 11.5 Å². The van der Waals surface area contributed by atoms with Crippen LogP contribution < -0.4 is 9.57 Å². The van der Waals surface area contributed by atoms with Crippen LogP contribution in [0.3, 0.4) is 0 Å². The molecular formula is C13H10NOS+. The van der Waals surface area contributed by atoms with E-state index < -0.39 is 0 Å². The number of nitrogens with zero attached hydrogens (tertiary/aromatic N) is 1. The summed E-state index contributed by atoms with van der Waals surface area (Å²) in [5.41, 5.74) is 1.92. The summed E-state index contributed by atoms with van der Waals surface area (Å²) in [4.78, 5) is 5.76. The van der Waals surface area contributed by atoms with Crippen LogP contribution in [-0.2, 0) is 0 Å². The number of hydrogen-bond donors (Lipinski definition) is 0. The van der Waals surface area contributed by atoms with Crippen molar-refractivity contribution in [1.29, 1.82) is 0 Å². The van der Waals surface area contributed by atoms with Gasteiger partial charge in [0, 0.05) is 10.1 Å². The van der Waals surface area contributed by atoms with E-state index >= 15 is 0 Å². The lowest BCUT2D eigenvalue weighted by molar-refractivity contribution is -0.871. The molecule has 78 valence electrons. The van der Waals surface area contributed by atoms with Crippen molar-refractivity contribution in [2.75, 3.05) is 0 Å². The lowest BCUT2D eigenvalue weighted by Crippen LogP contribution is -2.36. The van der Waals surface area contributed by atoms with Crippen molar-refractivity contribution in [3.8, 4) is 5.75 Å². The zero-order valence-corrected chi connectivity index (χ0v) is 9.35. The Kier molecular flexibility index (Phi) is 2.31. The lowest BCUT2D eigenvalue weighted by atomic mass is 10.1. The molecule has 3 rings (SSSR count). The number of rotatable bonds is 2. The molecule has 0 aliphatic carbocycles. The molecule has 0 radical (unpaired) electrons. The number of hydrogen-bond acceptors (Lipinski definition) is 2. The van der Waals surface area contributed by atoms with E-state index in [-0.39, 0.29) is 0 Å². The van der Waals surface area contributed by atoms with Crippen molar-refractivity contribution < 1.29 is 9.57 Å². The van der Waals surface area contributed by atoms with E-state index in [9.17, 15) is 0 Å². The normalized spacial score (nSPS) is 10.5. The van der Waals surface area contributed by atoms with E-state index in [1.165, 1.54) is 5.39 Å². The molecule has 0 spiro atoms. The molecule has 0 saturated heterocycles. The molecule has 1 aromatic heterocycles. The van der Waals surface area contributed by atoms with Crippen molar-refractivity contribution in [3.63, 3.8) is 0 Å². The van der Waals surface area contributed by atoms with Crippen LogP contribution in [0.2, 0.25) is 0 Å². The molecule has 0 N–H and O–H groups in total. The predicted molar refractivity (Wildman–Crippen MR) is 64.5 cm³/mol. The summed E-state index contributed by atoms with van der Waals surface area (Å²) in [6.07, 6.45) is 1.90. The summed E-state index contributed by atoms with van der Waals surface area (Å²) in [5.74, 6) is 0.876. The van der Waals surface area contributed by atoms with Crippen LogP contribution in [0, 0.1) is 0 Å². The predicted octanol–water partition coefficient (Wildman–Crippen LogP) is 3.03. The first-order valence-electron chi connectivity index (χ1n) is 5.03. The topological polar surface area (TPSA) is 13.1 Å². The molecule has 0 saturated carbocycles. The Morgan fingerprint density at radius 1 is 1.00 bits per heavy atom. The molecule has 3 aromatic rings. The van der Waals surface area contributed by atoms with Crippen LogP contribution in [0.15, 0.2) is 59.6 Å². The molecule has 16 heavy (non-hydrogen) atoms. The van der Waals surface area contributed by atoms with Crippen molar-refractivity contribution in [3.05, 3.63) is 59.6 Å². The van der Waals surface area contributed by atoms with Crippen LogP contribution in [0.1, 0.15) is 0 Å². The number of benzene rings is 2. The minimum atomic E-state index is 0.876. The van der Waals surface area contributed by atoms with Crippen LogP contribution in [-0.4, -0.2) is 0 Å². The minimum Gasteiger partial charge on any atom is -0.230 e. The maximum Gasteiger partial charge on any atom is 0.277 e. The fourth-order valence-electron chi connectivity index (χ4n) is 1.67. The highest BCUT2D eigenvalue weighted by Gasteiger charge is 2.07. The fraction of sp³-hybridized carbons (Fsp3) is 0. The zero-order valence-electron chi connectivity index (χ0n) is 8.54. The Labute approximate surface area is 97.3 Å². The molecule has 0 bridgehead atoms. The Morgan fingerprint density at radius 3 is 2.75 bits per heavy atom. The number of thiazole rings is 1. The second kappa shape index (κ2) is 3.94. The third kappa shape index (κ3) is 1.66. The summed E-state index contributed by atoms with van der Waals surface area (Å²) in [6, 6.07) is 14.3. The Morgan fingerprint density at radius 2 is 1.88 bits per heavy atom. The average molecular weight is 228 g/mol. The highest BCUT2D eigenvalue weighted by Crippen LogP contribution is 2.24. The van der Waals surface area contributed by atoms with Gasteiger partial charge in [0.15, 0.2) is 0 Å². The minimum absolute atomic E-state index is 0.876. The fourth-order valence-corrected chi connectivity index (χ4v) is 2.16. The largest absolute Gasteiger partial charge is 0.277 e. The van der Waals surface area contributed by atoms with Crippen molar-refractivity contribution >= 4 is 22.1 Å². The van der Waals surface area contributed by atoms with Crippen molar-refractivity contribution in [2.45, 2.75) is 0 Å². The van der Waals surface area contributed by atoms with Gasteiger partial charge in [-0.3, -0.25) is 0 Å². The molecule has 0 amide bonds. The first-order chi connectivity index (χ1) is 7.93. The molecule has 0 aliphatic rings. The molecule has 0 unspecified atom stereocenters. The molecule has 1 heterocycles. The molecule has 3 heteroatoms. The standard InChI is InChI=1S/C13H10NOS/c1-2-6-12-11(4-1)5-3-7-13(12)15-14-8-9-16-10-14/h1-10H/q+1. The maximum absolute atomic E-state index is 5.76. The molecule has 0 fully saturated rings. The van der Waals surface area contributed by atoms with Gasteiger partial charge in [-0.25, -0.2) is 4.84 Å². The first kappa shape index (κ1) is 9.36. The Bertz CT molecular complexity index is 599. The van der Waals surface area contributed by atoms with Crippen LogP contribution in [0.25, 0.3) is 10.8 Å². The monoisotopic (exact) mass is 228 g/mol. The van der Waals surface area contributed by atoms with E-state index in [0.717, 1.165) is 11.1 Å². The summed E-state index contributed by atoms with van der Waals surface area (Å²) in [5, 5.41) is 4.30. The zero-order chi connectivity index (χ0) is 10.8. The number of fused-ring (bicyclic) bond motifs is 1. The van der Waals surface area contributed by atoms with Crippen LogP contribution in [0.5, 0.6) is 5.75 Å². The van der Waals surface area contributed by atoms with Gasteiger partial charge < -0.3 is 0 Å². The van der Waals surface area contributed by atoms with E-state index in [0.29, 0.717) is 0 Å². The Hall–Kier alpha value is -1.87. The van der Waals surface area contributed by atoms with E-state index in [1.807, 2.05) is 41.4 Å². The van der Waals surface area contributed by atoms with Gasteiger partial charge in [0.1, 0.15) is 0 Å². The third-order valence-electron chi connectivity index (χ3n) is 2.40. The van der Waals surface area contributed by atoms with Gasteiger partial charge in [0.05, 0.1) is 5.38 Å². The van der Waals surface area contributed by atoms with Gasteiger partial charge in [0.2, 0.25) is 11.9 Å². The molecule has 0 atom stereocenters. The highest BCUT2D eigenvalue weighted by molar-refractivity contribution is 7.07. The second-order valence-corrected chi connectivity index (χ2v) is 4.21. The van der Waals surface area contributed by atoms with E-state index in [4.69, 9.17) is 4.84 Å². The van der Waals surface area contributed by atoms with Gasteiger partial charge >= 0.3 is 0 Å². The number of aromatic nitrogens is 1. The van der Waals surface area contributed by atoms with E-state index in [2.05, 4.69) is 18.2 Å². The van der Waals surface area contributed by atoms with Crippen LogP contribution in [0.4, 0.5) is 0 Å². The van der Waals surface area contributed by atoms with Crippen LogP contribution >= 0.6 is 11.3 Å². The Balaban J connectivity index is 2.10. The second-order valence-electron chi connectivity index (χ2n) is 3.46. The maximum atomic E-state index is 5.76. The third-order valence-corrected chi connectivity index (χ3v) is 3.01. The van der Waals surface area contributed by atoms with Gasteiger partial charge in [0.25, 0.3) is 5.51 Å². The molecule has 0 aliphatic heterocycles. The summed E-state index contributed by atoms with van der Waals surface area (Å²) < 4.78 is 1.71. The summed E-state index contributed by atoms with van der Waals surface area (Å²) >= 11 is 1.60. The van der Waals surface area contributed by atoms with Gasteiger partial charge in [-0.2, -0.15) is 0 Å².